The number of halogens is 2. The Morgan fingerprint density at radius 1 is 1.47 bits per heavy atom. The summed E-state index contributed by atoms with van der Waals surface area (Å²) in [6.07, 6.45) is -1.99. The maximum Gasteiger partial charge on any atom is 0.282 e. The van der Waals surface area contributed by atoms with Crippen molar-refractivity contribution >= 4 is 11.8 Å². The van der Waals surface area contributed by atoms with E-state index in [9.17, 15) is 13.6 Å². The number of fused-ring (bicyclic) bond motifs is 1. The molecule has 2 aromatic rings. The van der Waals surface area contributed by atoms with Crippen molar-refractivity contribution in [3.8, 4) is 0 Å². The Kier molecular flexibility index (Phi) is 2.22. The molecule has 5 heteroatoms. The van der Waals surface area contributed by atoms with Crippen LogP contribution in [0.1, 0.15) is 28.2 Å². The number of aldehydes is 1. The quantitative estimate of drug-likeness (QED) is 0.713. The first-order valence-electron chi connectivity index (χ1n) is 4.36. The Hall–Kier alpha value is -1.78. The number of pyridine rings is 1. The smallest absolute Gasteiger partial charge is 0.282 e. The summed E-state index contributed by atoms with van der Waals surface area (Å²) in [6.45, 7) is 1.74. The molecule has 0 aliphatic carbocycles. The molecule has 0 fully saturated rings. The van der Waals surface area contributed by atoms with Gasteiger partial charge in [-0.1, -0.05) is 0 Å². The van der Waals surface area contributed by atoms with Crippen LogP contribution in [0.15, 0.2) is 18.2 Å². The van der Waals surface area contributed by atoms with E-state index in [0.29, 0.717) is 23.1 Å². The van der Waals surface area contributed by atoms with Gasteiger partial charge in [0.2, 0.25) is 0 Å². The van der Waals surface area contributed by atoms with Gasteiger partial charge >= 0.3 is 0 Å². The van der Waals surface area contributed by atoms with Gasteiger partial charge in [0.1, 0.15) is 5.69 Å². The zero-order chi connectivity index (χ0) is 11.0. The highest BCUT2D eigenvalue weighted by Crippen LogP contribution is 2.21. The topological polar surface area (TPSA) is 34.4 Å². The summed E-state index contributed by atoms with van der Waals surface area (Å²) in [5.41, 5.74) is 1.18. The number of carbonyl (C=O) groups is 1. The van der Waals surface area contributed by atoms with Crippen molar-refractivity contribution < 1.29 is 13.6 Å². The van der Waals surface area contributed by atoms with Crippen LogP contribution in [-0.4, -0.2) is 15.9 Å². The van der Waals surface area contributed by atoms with Crippen LogP contribution in [-0.2, 0) is 0 Å². The Balaban J connectivity index is 2.77. The Bertz CT molecular complexity index is 519. The first kappa shape index (κ1) is 9.76. The van der Waals surface area contributed by atoms with Crippen molar-refractivity contribution in [1.82, 2.24) is 9.61 Å². The number of alkyl halides is 2. The lowest BCUT2D eigenvalue weighted by Gasteiger charge is -1.99. The van der Waals surface area contributed by atoms with Crippen molar-refractivity contribution in [2.45, 2.75) is 13.3 Å². The van der Waals surface area contributed by atoms with E-state index in [1.165, 1.54) is 10.6 Å². The van der Waals surface area contributed by atoms with Gasteiger partial charge in [-0.25, -0.2) is 13.3 Å². The summed E-state index contributed by atoms with van der Waals surface area (Å²) in [4.78, 5) is 10.7. The van der Waals surface area contributed by atoms with Crippen molar-refractivity contribution in [3.63, 3.8) is 0 Å². The summed E-state index contributed by atoms with van der Waals surface area (Å²) in [5.74, 6) is 0. The third kappa shape index (κ3) is 1.49. The van der Waals surface area contributed by atoms with E-state index < -0.39 is 6.43 Å². The molecule has 0 aromatic carbocycles. The highest BCUT2D eigenvalue weighted by molar-refractivity contribution is 5.86. The van der Waals surface area contributed by atoms with E-state index in [2.05, 4.69) is 5.10 Å². The Morgan fingerprint density at radius 3 is 2.80 bits per heavy atom. The van der Waals surface area contributed by atoms with E-state index in [-0.39, 0.29) is 5.69 Å². The maximum atomic E-state index is 12.4. The molecule has 0 spiro atoms. The number of hydrogen-bond acceptors (Lipinski definition) is 2. The number of aromatic nitrogens is 2. The fourth-order valence-corrected chi connectivity index (χ4v) is 1.45. The SMILES string of the molecule is Cc1ccc(C=O)c2cc(C(F)F)nn12. The van der Waals surface area contributed by atoms with Gasteiger partial charge in [0.15, 0.2) is 6.29 Å². The average molecular weight is 210 g/mol. The molecule has 0 N–H and O–H groups in total. The first-order chi connectivity index (χ1) is 7.13. The molecule has 2 aromatic heterocycles. The van der Waals surface area contributed by atoms with Crippen LogP contribution in [0.25, 0.3) is 5.52 Å². The largest absolute Gasteiger partial charge is 0.298 e. The van der Waals surface area contributed by atoms with Crippen molar-refractivity contribution in [3.05, 3.63) is 35.2 Å². The predicted octanol–water partition coefficient (Wildman–Crippen LogP) is 2.39. The highest BCUT2D eigenvalue weighted by Gasteiger charge is 2.14. The van der Waals surface area contributed by atoms with Gasteiger partial charge in [-0.2, -0.15) is 5.10 Å². The monoisotopic (exact) mass is 210 g/mol. The summed E-state index contributed by atoms with van der Waals surface area (Å²) < 4.78 is 26.2. The number of aryl methyl sites for hydroxylation is 1. The third-order valence-electron chi connectivity index (χ3n) is 2.21. The fraction of sp³-hybridized carbons (Fsp3) is 0.200. The summed E-state index contributed by atoms with van der Waals surface area (Å²) in [6, 6.07) is 4.50. The summed E-state index contributed by atoms with van der Waals surface area (Å²) in [5, 5.41) is 3.73. The number of rotatable bonds is 2. The fourth-order valence-electron chi connectivity index (χ4n) is 1.45. The van der Waals surface area contributed by atoms with Crippen LogP contribution >= 0.6 is 0 Å². The zero-order valence-corrected chi connectivity index (χ0v) is 7.95. The second-order valence-corrected chi connectivity index (χ2v) is 3.21. The lowest BCUT2D eigenvalue weighted by Crippen LogP contribution is -1.96. The molecular weight excluding hydrogens is 202 g/mol. The molecule has 0 unspecified atom stereocenters. The number of nitrogens with zero attached hydrogens (tertiary/aromatic N) is 2. The van der Waals surface area contributed by atoms with E-state index in [4.69, 9.17) is 0 Å². The molecule has 0 atom stereocenters. The molecule has 15 heavy (non-hydrogen) atoms. The van der Waals surface area contributed by atoms with Crippen LogP contribution in [0.5, 0.6) is 0 Å². The molecule has 0 amide bonds. The zero-order valence-electron chi connectivity index (χ0n) is 7.95. The number of carbonyl (C=O) groups excluding carboxylic acids is 1. The van der Waals surface area contributed by atoms with Gasteiger partial charge in [-0.15, -0.1) is 0 Å². The summed E-state index contributed by atoms with van der Waals surface area (Å²) in [7, 11) is 0. The van der Waals surface area contributed by atoms with Gasteiger partial charge in [-0.3, -0.25) is 4.79 Å². The van der Waals surface area contributed by atoms with E-state index >= 15 is 0 Å². The van der Waals surface area contributed by atoms with E-state index in [0.717, 1.165) is 0 Å². The van der Waals surface area contributed by atoms with Crippen LogP contribution < -0.4 is 0 Å². The molecule has 0 saturated carbocycles. The minimum Gasteiger partial charge on any atom is -0.298 e. The van der Waals surface area contributed by atoms with Gasteiger partial charge in [0.25, 0.3) is 6.43 Å². The average Bonchev–Trinajstić information content (AvgIpc) is 2.64. The van der Waals surface area contributed by atoms with E-state index in [1.807, 2.05) is 0 Å². The molecule has 0 saturated heterocycles. The van der Waals surface area contributed by atoms with Crippen LogP contribution in [0.2, 0.25) is 0 Å². The Morgan fingerprint density at radius 2 is 2.20 bits per heavy atom. The van der Waals surface area contributed by atoms with Crippen molar-refractivity contribution in [2.24, 2.45) is 0 Å². The van der Waals surface area contributed by atoms with Crippen LogP contribution in [0.3, 0.4) is 0 Å². The lowest BCUT2D eigenvalue weighted by molar-refractivity contribution is 0.112. The minimum atomic E-state index is -2.62. The van der Waals surface area contributed by atoms with Crippen LogP contribution in [0, 0.1) is 6.92 Å². The first-order valence-corrected chi connectivity index (χ1v) is 4.36. The molecule has 0 radical (unpaired) electrons. The summed E-state index contributed by atoms with van der Waals surface area (Å²) >= 11 is 0. The van der Waals surface area contributed by atoms with Gasteiger partial charge < -0.3 is 0 Å². The highest BCUT2D eigenvalue weighted by atomic mass is 19.3. The van der Waals surface area contributed by atoms with Gasteiger partial charge in [0.05, 0.1) is 5.52 Å². The molecule has 78 valence electrons. The third-order valence-corrected chi connectivity index (χ3v) is 2.21. The second kappa shape index (κ2) is 3.42. The molecule has 2 rings (SSSR count). The Labute approximate surface area is 84.3 Å². The standard InChI is InChI=1S/C10H8F2N2O/c1-6-2-3-7(5-15)9-4-8(10(11)12)13-14(6)9/h2-5,10H,1H3. The van der Waals surface area contributed by atoms with Gasteiger partial charge in [-0.05, 0) is 25.1 Å². The molecule has 0 aliphatic heterocycles. The molecule has 2 heterocycles. The maximum absolute atomic E-state index is 12.4. The van der Waals surface area contributed by atoms with Gasteiger partial charge in [0, 0.05) is 11.3 Å². The predicted molar refractivity (Wildman–Crippen MR) is 50.3 cm³/mol. The number of hydrogen-bond donors (Lipinski definition) is 0. The van der Waals surface area contributed by atoms with Crippen molar-refractivity contribution in [2.75, 3.05) is 0 Å². The molecule has 0 aliphatic rings. The molecule has 0 bridgehead atoms. The minimum absolute atomic E-state index is 0.313. The second-order valence-electron chi connectivity index (χ2n) is 3.21. The lowest BCUT2D eigenvalue weighted by atomic mass is 10.2. The van der Waals surface area contributed by atoms with Crippen molar-refractivity contribution in [1.29, 1.82) is 0 Å². The van der Waals surface area contributed by atoms with E-state index in [1.54, 1.807) is 19.1 Å². The molecule has 3 nitrogen and oxygen atoms in total. The van der Waals surface area contributed by atoms with Crippen LogP contribution in [0.4, 0.5) is 8.78 Å². The normalized spacial score (nSPS) is 11.2. The molecular formula is C10H8F2N2O.